The van der Waals surface area contributed by atoms with Gasteiger partial charge in [0.1, 0.15) is 0 Å². The molecule has 1 fully saturated rings. The van der Waals surface area contributed by atoms with Crippen molar-refractivity contribution in [3.63, 3.8) is 0 Å². The van der Waals surface area contributed by atoms with Crippen molar-refractivity contribution in [2.75, 3.05) is 26.2 Å². The first kappa shape index (κ1) is 19.4. The summed E-state index contributed by atoms with van der Waals surface area (Å²) in [5.41, 5.74) is 3.87. The van der Waals surface area contributed by atoms with Crippen LogP contribution in [-0.4, -0.2) is 46.8 Å². The number of nitrogens with zero attached hydrogens (tertiary/aromatic N) is 4. The molecule has 1 aromatic carbocycles. The molecule has 2 heterocycles. The van der Waals surface area contributed by atoms with E-state index in [2.05, 4.69) is 58.0 Å². The molecule has 1 aliphatic heterocycles. The highest BCUT2D eigenvalue weighted by molar-refractivity contribution is 5.79. The Bertz CT molecular complexity index is 713. The van der Waals surface area contributed by atoms with Crippen molar-refractivity contribution in [3.8, 4) is 0 Å². The Labute approximate surface area is 162 Å². The monoisotopic (exact) mass is 368 g/mol. The van der Waals surface area contributed by atoms with Crippen LogP contribution in [-0.2, 0) is 26.6 Å². The number of hydrogen-bond donors (Lipinski definition) is 2. The molecule has 0 aliphatic carbocycles. The summed E-state index contributed by atoms with van der Waals surface area (Å²) in [6.07, 6.45) is 7.58. The zero-order valence-corrected chi connectivity index (χ0v) is 16.6. The Morgan fingerprint density at radius 1 is 1.07 bits per heavy atom. The van der Waals surface area contributed by atoms with Crippen molar-refractivity contribution in [1.29, 1.82) is 0 Å². The Balaban J connectivity index is 1.47. The van der Waals surface area contributed by atoms with Crippen molar-refractivity contribution in [3.05, 3.63) is 53.3 Å². The van der Waals surface area contributed by atoms with E-state index in [4.69, 9.17) is 4.99 Å². The minimum Gasteiger partial charge on any atom is -0.357 e. The molecule has 0 unspecified atom stereocenters. The van der Waals surface area contributed by atoms with Crippen LogP contribution in [0.5, 0.6) is 0 Å². The maximum Gasteiger partial charge on any atom is 0.191 e. The molecule has 146 valence electrons. The van der Waals surface area contributed by atoms with Crippen LogP contribution in [0.2, 0.25) is 0 Å². The van der Waals surface area contributed by atoms with Gasteiger partial charge in [-0.2, -0.15) is 5.10 Å². The lowest BCUT2D eigenvalue weighted by molar-refractivity contribution is 0.331. The van der Waals surface area contributed by atoms with Crippen LogP contribution < -0.4 is 10.6 Å². The molecule has 2 N–H and O–H groups in total. The minimum absolute atomic E-state index is 0.687. The first-order chi connectivity index (χ1) is 13.2. The van der Waals surface area contributed by atoms with Gasteiger partial charge in [0, 0.05) is 32.9 Å². The summed E-state index contributed by atoms with van der Waals surface area (Å²) in [6, 6.07) is 8.89. The van der Waals surface area contributed by atoms with E-state index in [0.717, 1.165) is 32.0 Å². The molecule has 0 radical (unpaired) electrons. The average Bonchev–Trinajstić information content (AvgIpc) is 3.33. The zero-order valence-electron chi connectivity index (χ0n) is 16.6. The van der Waals surface area contributed by atoms with E-state index in [1.165, 1.54) is 42.6 Å². The number of benzene rings is 1. The third-order valence-electron chi connectivity index (χ3n) is 4.86. The highest BCUT2D eigenvalue weighted by atomic mass is 15.2. The Morgan fingerprint density at radius 2 is 1.81 bits per heavy atom. The fourth-order valence-corrected chi connectivity index (χ4v) is 3.39. The predicted octanol–water partition coefficient (Wildman–Crippen LogP) is 2.31. The lowest BCUT2D eigenvalue weighted by atomic mass is 10.1. The van der Waals surface area contributed by atoms with Gasteiger partial charge in [0.05, 0.1) is 12.7 Å². The molecule has 6 heteroatoms. The number of aliphatic imine (C=N–C) groups is 1. The topological polar surface area (TPSA) is 57.5 Å². The number of hydrogen-bond acceptors (Lipinski definition) is 3. The van der Waals surface area contributed by atoms with Crippen LogP contribution in [0.25, 0.3) is 0 Å². The van der Waals surface area contributed by atoms with Crippen molar-refractivity contribution in [1.82, 2.24) is 25.3 Å². The van der Waals surface area contributed by atoms with E-state index in [1.54, 1.807) is 0 Å². The molecule has 0 bridgehead atoms. The van der Waals surface area contributed by atoms with Gasteiger partial charge in [0.2, 0.25) is 0 Å². The third kappa shape index (κ3) is 6.40. The lowest BCUT2D eigenvalue weighted by Crippen LogP contribution is -2.38. The Morgan fingerprint density at radius 3 is 2.48 bits per heavy atom. The molecule has 0 amide bonds. The summed E-state index contributed by atoms with van der Waals surface area (Å²) in [5.74, 6) is 0.863. The van der Waals surface area contributed by atoms with Crippen LogP contribution in [0.15, 0.2) is 41.7 Å². The van der Waals surface area contributed by atoms with Gasteiger partial charge in [-0.3, -0.25) is 9.58 Å². The second kappa shape index (κ2) is 10.1. The predicted molar refractivity (Wildman–Crippen MR) is 111 cm³/mol. The number of aromatic nitrogens is 2. The summed E-state index contributed by atoms with van der Waals surface area (Å²) < 4.78 is 1.84. The standard InChI is InChI=1S/C21H32N6/c1-3-22-21(23-11-10-20-15-25-26(2)16-20)24-14-18-6-8-19(9-7-18)17-27-12-4-5-13-27/h6-9,15-16H,3-5,10-14,17H2,1-2H3,(H2,22,23,24). The summed E-state index contributed by atoms with van der Waals surface area (Å²) in [6.45, 7) is 8.02. The van der Waals surface area contributed by atoms with E-state index >= 15 is 0 Å². The smallest absolute Gasteiger partial charge is 0.191 e. The molecule has 1 aliphatic rings. The second-order valence-electron chi connectivity index (χ2n) is 7.19. The van der Waals surface area contributed by atoms with Crippen LogP contribution in [0.1, 0.15) is 36.5 Å². The van der Waals surface area contributed by atoms with Gasteiger partial charge in [-0.1, -0.05) is 24.3 Å². The first-order valence-electron chi connectivity index (χ1n) is 10.0. The highest BCUT2D eigenvalue weighted by Crippen LogP contribution is 2.13. The maximum atomic E-state index is 4.72. The Kier molecular flexibility index (Phi) is 7.27. The molecule has 27 heavy (non-hydrogen) atoms. The van der Waals surface area contributed by atoms with Gasteiger partial charge >= 0.3 is 0 Å². The van der Waals surface area contributed by atoms with Crippen molar-refractivity contribution in [2.24, 2.45) is 12.0 Å². The highest BCUT2D eigenvalue weighted by Gasteiger charge is 2.11. The van der Waals surface area contributed by atoms with Crippen molar-refractivity contribution < 1.29 is 0 Å². The normalized spacial score (nSPS) is 15.3. The maximum absolute atomic E-state index is 4.72. The summed E-state index contributed by atoms with van der Waals surface area (Å²) >= 11 is 0. The SMILES string of the molecule is CCNC(=NCc1ccc(CN2CCCC2)cc1)NCCc1cnn(C)c1. The molecule has 2 aromatic rings. The van der Waals surface area contributed by atoms with Gasteiger partial charge < -0.3 is 10.6 Å². The van der Waals surface area contributed by atoms with E-state index in [1.807, 2.05) is 17.9 Å². The van der Waals surface area contributed by atoms with Crippen LogP contribution in [0.4, 0.5) is 0 Å². The van der Waals surface area contributed by atoms with Gasteiger partial charge in [-0.25, -0.2) is 4.99 Å². The van der Waals surface area contributed by atoms with E-state index in [9.17, 15) is 0 Å². The summed E-state index contributed by atoms with van der Waals surface area (Å²) in [5, 5.41) is 10.9. The van der Waals surface area contributed by atoms with E-state index in [0.29, 0.717) is 6.54 Å². The number of nitrogens with one attached hydrogen (secondary N) is 2. The molecular weight excluding hydrogens is 336 g/mol. The Hall–Kier alpha value is -2.34. The van der Waals surface area contributed by atoms with Gasteiger partial charge in [0.15, 0.2) is 5.96 Å². The van der Waals surface area contributed by atoms with Gasteiger partial charge in [-0.15, -0.1) is 0 Å². The first-order valence-corrected chi connectivity index (χ1v) is 10.0. The fourth-order valence-electron chi connectivity index (χ4n) is 3.39. The molecule has 0 saturated carbocycles. The average molecular weight is 369 g/mol. The fraction of sp³-hybridized carbons (Fsp3) is 0.524. The summed E-state index contributed by atoms with van der Waals surface area (Å²) in [7, 11) is 1.94. The summed E-state index contributed by atoms with van der Waals surface area (Å²) in [4.78, 5) is 7.25. The van der Waals surface area contributed by atoms with Gasteiger partial charge in [0.25, 0.3) is 0 Å². The molecule has 0 spiro atoms. The second-order valence-corrected chi connectivity index (χ2v) is 7.19. The molecule has 1 saturated heterocycles. The van der Waals surface area contributed by atoms with Crippen LogP contribution in [0.3, 0.4) is 0 Å². The zero-order chi connectivity index (χ0) is 18.9. The van der Waals surface area contributed by atoms with E-state index < -0.39 is 0 Å². The number of guanidine groups is 1. The lowest BCUT2D eigenvalue weighted by Gasteiger charge is -2.14. The van der Waals surface area contributed by atoms with Crippen LogP contribution >= 0.6 is 0 Å². The van der Waals surface area contributed by atoms with Crippen molar-refractivity contribution >= 4 is 5.96 Å². The largest absolute Gasteiger partial charge is 0.357 e. The number of likely N-dealkylation sites (tertiary alicyclic amines) is 1. The molecule has 3 rings (SSSR count). The molecule has 0 atom stereocenters. The van der Waals surface area contributed by atoms with Gasteiger partial charge in [-0.05, 0) is 56.0 Å². The molecule has 1 aromatic heterocycles. The third-order valence-corrected chi connectivity index (χ3v) is 4.86. The van der Waals surface area contributed by atoms with Crippen molar-refractivity contribution in [2.45, 2.75) is 39.3 Å². The molecule has 6 nitrogen and oxygen atoms in total. The minimum atomic E-state index is 0.687. The number of aryl methyl sites for hydroxylation is 1. The van der Waals surface area contributed by atoms with Crippen LogP contribution in [0, 0.1) is 0 Å². The number of rotatable bonds is 8. The van der Waals surface area contributed by atoms with E-state index in [-0.39, 0.29) is 0 Å². The quantitative estimate of drug-likeness (QED) is 0.555. The molecular formula is C21H32N6.